The monoisotopic (exact) mass is 862 g/mol. The maximum absolute atomic E-state index is 14.2. The Kier molecular flexibility index (Phi) is 16.1. The van der Waals surface area contributed by atoms with Crippen LogP contribution in [-0.2, 0) is 46.3 Å². The Balaban J connectivity index is 1.77. The summed E-state index contributed by atoms with van der Waals surface area (Å²) in [7, 11) is 0. The number of ether oxygens (including phenoxy) is 5. The lowest BCUT2D eigenvalue weighted by atomic mass is 9.56. The van der Waals surface area contributed by atoms with Crippen LogP contribution >= 0.6 is 0 Å². The number of aldehydes is 1. The van der Waals surface area contributed by atoms with Crippen molar-refractivity contribution in [3.05, 3.63) is 105 Å². The van der Waals surface area contributed by atoms with Gasteiger partial charge in [0.15, 0.2) is 0 Å². The molecular weight excluding hydrogens is 801 g/mol. The van der Waals surface area contributed by atoms with Crippen molar-refractivity contribution in [3.8, 4) is 23.0 Å². The lowest BCUT2D eigenvalue weighted by Gasteiger charge is -2.46. The first-order valence-corrected chi connectivity index (χ1v) is 21.8. The van der Waals surface area contributed by atoms with Gasteiger partial charge in [-0.1, -0.05) is 52.7 Å². The number of esters is 5. The second kappa shape index (κ2) is 21.0. The molecule has 0 saturated heterocycles. The fraction of sp³-hybridized carbons (Fsp3) is 0.462. The minimum absolute atomic E-state index is 0.165. The summed E-state index contributed by atoms with van der Waals surface area (Å²) < 4.78 is 29.2. The van der Waals surface area contributed by atoms with E-state index in [1.807, 2.05) is 20.8 Å². The van der Waals surface area contributed by atoms with Crippen molar-refractivity contribution >= 4 is 36.1 Å². The predicted molar refractivity (Wildman–Crippen MR) is 239 cm³/mol. The first kappa shape index (κ1) is 48.2. The number of benzene rings is 2. The fourth-order valence-corrected chi connectivity index (χ4v) is 9.60. The first-order valence-electron chi connectivity index (χ1n) is 21.8. The summed E-state index contributed by atoms with van der Waals surface area (Å²) in [6, 6.07) is 6.79. The van der Waals surface area contributed by atoms with E-state index in [1.165, 1.54) is 40.2 Å². The normalized spacial score (nSPS) is 25.4. The summed E-state index contributed by atoms with van der Waals surface area (Å²) in [5.74, 6) is -2.35. The summed E-state index contributed by atoms with van der Waals surface area (Å²) >= 11 is 0. The van der Waals surface area contributed by atoms with Crippen molar-refractivity contribution in [3.63, 3.8) is 0 Å². The lowest BCUT2D eigenvalue weighted by molar-refractivity contribution is -0.144. The average molecular weight is 863 g/mol. The molecule has 6 rings (SSSR count). The van der Waals surface area contributed by atoms with Gasteiger partial charge in [-0.25, -0.2) is 0 Å². The molecule has 0 saturated carbocycles. The molecule has 336 valence electrons. The number of rotatable bonds is 7. The van der Waals surface area contributed by atoms with Crippen molar-refractivity contribution in [1.29, 1.82) is 0 Å². The van der Waals surface area contributed by atoms with Crippen molar-refractivity contribution in [1.82, 2.24) is 0 Å². The summed E-state index contributed by atoms with van der Waals surface area (Å²) in [4.78, 5) is 77.1. The molecule has 0 aromatic heterocycles. The molecule has 11 nitrogen and oxygen atoms in total. The molecule has 11 heteroatoms. The topological polar surface area (TPSA) is 149 Å². The molecule has 2 aromatic rings. The van der Waals surface area contributed by atoms with Gasteiger partial charge in [0, 0.05) is 62.6 Å². The maximum Gasteiger partial charge on any atom is 0.308 e. The second-order valence-corrected chi connectivity index (χ2v) is 17.7. The largest absolute Gasteiger partial charge is 0.453 e. The van der Waals surface area contributed by atoms with Crippen LogP contribution < -0.4 is 18.9 Å². The van der Waals surface area contributed by atoms with E-state index in [1.54, 1.807) is 30.3 Å². The van der Waals surface area contributed by atoms with E-state index in [9.17, 15) is 28.8 Å². The molecule has 0 fully saturated rings. The van der Waals surface area contributed by atoms with Crippen molar-refractivity contribution < 1.29 is 52.5 Å². The Morgan fingerprint density at radius 1 is 0.667 bits per heavy atom. The van der Waals surface area contributed by atoms with Crippen LogP contribution in [0.3, 0.4) is 0 Å². The Morgan fingerprint density at radius 3 is 1.97 bits per heavy atom. The summed E-state index contributed by atoms with van der Waals surface area (Å²) in [5.41, 5.74) is 6.35. The van der Waals surface area contributed by atoms with Crippen molar-refractivity contribution in [2.45, 2.75) is 139 Å². The van der Waals surface area contributed by atoms with Crippen molar-refractivity contribution in [2.75, 3.05) is 0 Å². The molecule has 4 aliphatic rings. The van der Waals surface area contributed by atoms with Crippen LogP contribution in [-0.4, -0.2) is 36.1 Å². The van der Waals surface area contributed by atoms with Gasteiger partial charge in [-0.3, -0.25) is 24.0 Å². The molecule has 0 heterocycles. The van der Waals surface area contributed by atoms with Gasteiger partial charge in [-0.15, -0.1) is 0 Å². The van der Waals surface area contributed by atoms with Crippen LogP contribution in [0.15, 0.2) is 83.0 Å². The molecule has 0 amide bonds. The van der Waals surface area contributed by atoms with Gasteiger partial charge in [-0.2, -0.15) is 0 Å². The molecule has 0 radical (unpaired) electrons. The quantitative estimate of drug-likeness (QED) is 0.113. The smallest absolute Gasteiger partial charge is 0.308 e. The number of hydrogen-bond acceptors (Lipinski definition) is 11. The highest BCUT2D eigenvalue weighted by atomic mass is 16.6. The van der Waals surface area contributed by atoms with Crippen molar-refractivity contribution in [2.24, 2.45) is 17.3 Å². The van der Waals surface area contributed by atoms with Gasteiger partial charge in [-0.05, 0) is 140 Å². The number of fused-ring (bicyclic) bond motifs is 10. The van der Waals surface area contributed by atoms with E-state index in [4.69, 9.17) is 23.7 Å². The fourth-order valence-electron chi connectivity index (χ4n) is 9.60. The number of carbonyl (C=O) groups is 6. The van der Waals surface area contributed by atoms with Gasteiger partial charge in [0.25, 0.3) is 0 Å². The third-order valence-corrected chi connectivity index (χ3v) is 12.3. The highest BCUT2D eigenvalue weighted by molar-refractivity contribution is 5.74. The first-order chi connectivity index (χ1) is 29.8. The molecule has 2 unspecified atom stereocenters. The molecule has 0 spiro atoms. The van der Waals surface area contributed by atoms with E-state index >= 15 is 0 Å². The summed E-state index contributed by atoms with van der Waals surface area (Å²) in [6.07, 6.45) is 14.1. The van der Waals surface area contributed by atoms with E-state index in [0.29, 0.717) is 91.5 Å². The highest BCUT2D eigenvalue weighted by Gasteiger charge is 2.47. The SMILES string of the molecule is C=C(C)C1CC/C(C)=C/CC[C@]2(C=O)C(CC3=C[C@H]2C/C(C)=C/[C@H](OC(C)=O)c2cc(OC(C)=O)c(cc2OC(C)=O)C/C(C)=C\CC3)Cc2cc(OC(C)=O)cc1c2OC(C)=O. The van der Waals surface area contributed by atoms with Crippen LogP contribution in [0.1, 0.15) is 148 Å². The van der Waals surface area contributed by atoms with E-state index in [-0.39, 0.29) is 29.3 Å². The predicted octanol–water partition coefficient (Wildman–Crippen LogP) is 10.8. The van der Waals surface area contributed by atoms with Crippen LogP contribution in [0.25, 0.3) is 0 Å². The van der Waals surface area contributed by atoms with Crippen LogP contribution in [0.2, 0.25) is 0 Å². The van der Waals surface area contributed by atoms with Gasteiger partial charge >= 0.3 is 29.8 Å². The Morgan fingerprint density at radius 2 is 1.33 bits per heavy atom. The zero-order chi connectivity index (χ0) is 46.2. The summed E-state index contributed by atoms with van der Waals surface area (Å²) in [6.45, 7) is 18.9. The number of hydrogen-bond donors (Lipinski definition) is 0. The zero-order valence-electron chi connectivity index (χ0n) is 38.3. The number of allylic oxidation sites excluding steroid dienone is 8. The Hall–Kier alpha value is -5.84. The van der Waals surface area contributed by atoms with Crippen LogP contribution in [0, 0.1) is 17.3 Å². The molecule has 0 aliphatic heterocycles. The highest BCUT2D eigenvalue weighted by Crippen LogP contribution is 2.53. The summed E-state index contributed by atoms with van der Waals surface area (Å²) in [5, 5.41) is 0. The van der Waals surface area contributed by atoms with E-state index in [2.05, 4.69) is 31.7 Å². The van der Waals surface area contributed by atoms with Crippen LogP contribution in [0.4, 0.5) is 0 Å². The molecule has 2 aromatic carbocycles. The molecule has 6 bridgehead atoms. The standard InChI is InChI=1S/C52H62O11/c1-30(2)45-17-16-31(3)14-12-18-52(29-53)42-20-33(5)21-49(61-36(8)56)47-28-48(60-35(7)55)40(26-50(47)62-37(9)57)19-32(4)13-11-15-39(22-42)23-43(52)24-41-25-44(59-34(6)54)27-46(45)51(41)63-38(10)58/h13-14,21-22,25-29,42-43,45,49H,1,11-12,15-20,23-24H2,2-10H3/b31-14+,32-13-,33-21+/t42-,43?,45?,49+,52-/m1/s1. The minimum Gasteiger partial charge on any atom is -0.453 e. The molecule has 0 N–H and O–H groups in total. The Bertz CT molecular complexity index is 2290. The second-order valence-electron chi connectivity index (χ2n) is 17.7. The third-order valence-electron chi connectivity index (χ3n) is 12.3. The molecule has 4 aliphatic carbocycles. The lowest BCUT2D eigenvalue weighted by Crippen LogP contribution is -2.43. The van der Waals surface area contributed by atoms with Gasteiger partial charge in [0.05, 0.1) is 0 Å². The third kappa shape index (κ3) is 12.4. The number of carbonyl (C=O) groups excluding carboxylic acids is 6. The molecular formula is C52H62O11. The van der Waals surface area contributed by atoms with Gasteiger partial charge in [0.1, 0.15) is 35.4 Å². The molecule has 63 heavy (non-hydrogen) atoms. The zero-order valence-corrected chi connectivity index (χ0v) is 38.3. The van der Waals surface area contributed by atoms with E-state index in [0.717, 1.165) is 35.0 Å². The van der Waals surface area contributed by atoms with E-state index < -0.39 is 41.4 Å². The molecule has 5 atom stereocenters. The maximum atomic E-state index is 14.2. The van der Waals surface area contributed by atoms with Crippen LogP contribution in [0.5, 0.6) is 23.0 Å². The van der Waals surface area contributed by atoms with Gasteiger partial charge < -0.3 is 28.5 Å². The Labute approximate surface area is 371 Å². The van der Waals surface area contributed by atoms with Gasteiger partial charge in [0.2, 0.25) is 0 Å². The average Bonchev–Trinajstić information content (AvgIpc) is 3.16. The minimum atomic E-state index is -1.06.